The van der Waals surface area contributed by atoms with Gasteiger partial charge in [-0.1, -0.05) is 30.3 Å². The fourth-order valence-corrected chi connectivity index (χ4v) is 4.29. The van der Waals surface area contributed by atoms with Crippen LogP contribution in [0.3, 0.4) is 0 Å². The lowest BCUT2D eigenvalue weighted by atomic mass is 10.1. The maximum absolute atomic E-state index is 12.8. The van der Waals surface area contributed by atoms with E-state index < -0.39 is 72.7 Å². The monoisotopic (exact) mass is 620 g/mol. The van der Waals surface area contributed by atoms with Gasteiger partial charge in [-0.2, -0.15) is 0 Å². The number of nitrogens with zero attached hydrogens (tertiary/aromatic N) is 1. The van der Waals surface area contributed by atoms with Crippen LogP contribution in [0.2, 0.25) is 0 Å². The summed E-state index contributed by atoms with van der Waals surface area (Å²) in [6, 6.07) is 6.68. The number of nitrogens with two attached hydrogens (primary N) is 1. The first-order valence-electron chi connectivity index (χ1n) is 14.5. The molecule has 0 aliphatic carbocycles. The van der Waals surface area contributed by atoms with Gasteiger partial charge in [-0.25, -0.2) is 4.79 Å². The van der Waals surface area contributed by atoms with E-state index in [1.54, 1.807) is 51.1 Å². The molecule has 2 rings (SSSR count). The number of carboxylic acid groups (broad SMARTS) is 1. The molecular formula is C29H44N6O9. The second-order valence-corrected chi connectivity index (χ2v) is 11.2. The predicted octanol–water partition coefficient (Wildman–Crippen LogP) is -0.372. The maximum Gasteiger partial charge on any atom is 0.412 e. The van der Waals surface area contributed by atoms with Crippen LogP contribution >= 0.6 is 0 Å². The Hall–Kier alpha value is -4.24. The first kappa shape index (κ1) is 36.0. The third-order valence-corrected chi connectivity index (χ3v) is 6.33. The molecule has 1 heterocycles. The summed E-state index contributed by atoms with van der Waals surface area (Å²) in [5.41, 5.74) is 5.68. The molecule has 0 radical (unpaired) electrons. The average molecular weight is 621 g/mol. The Balaban J connectivity index is 1.91. The van der Waals surface area contributed by atoms with Gasteiger partial charge in [0.1, 0.15) is 30.5 Å². The van der Waals surface area contributed by atoms with Crippen molar-refractivity contribution in [1.29, 1.82) is 0 Å². The number of ether oxygens (including phenoxy) is 2. The predicted molar refractivity (Wildman–Crippen MR) is 158 cm³/mol. The largest absolute Gasteiger partial charge is 0.480 e. The fraction of sp³-hybridized carbons (Fsp3) is 0.586. The number of aliphatic carboxylic acids is 1. The smallest absolute Gasteiger partial charge is 0.412 e. The molecule has 7 N–H and O–H groups in total. The molecule has 1 aromatic carbocycles. The van der Waals surface area contributed by atoms with E-state index >= 15 is 0 Å². The molecule has 0 spiro atoms. The molecule has 15 nitrogen and oxygen atoms in total. The van der Waals surface area contributed by atoms with E-state index in [1.807, 2.05) is 0 Å². The van der Waals surface area contributed by atoms with Gasteiger partial charge in [0.2, 0.25) is 23.6 Å². The van der Waals surface area contributed by atoms with Crippen molar-refractivity contribution in [2.45, 2.75) is 76.8 Å². The van der Waals surface area contributed by atoms with Gasteiger partial charge < -0.3 is 41.6 Å². The number of carbonyl (C=O) groups is 6. The molecule has 1 saturated heterocycles. The molecule has 1 unspecified atom stereocenters. The Morgan fingerprint density at radius 3 is 2.27 bits per heavy atom. The minimum absolute atomic E-state index is 0.0502. The summed E-state index contributed by atoms with van der Waals surface area (Å²) in [4.78, 5) is 75.7. The first-order chi connectivity index (χ1) is 20.8. The van der Waals surface area contributed by atoms with E-state index in [4.69, 9.17) is 20.3 Å². The highest BCUT2D eigenvalue weighted by Crippen LogP contribution is 2.19. The molecule has 1 aromatic rings. The summed E-state index contributed by atoms with van der Waals surface area (Å²) in [6.45, 7) is 5.07. The van der Waals surface area contributed by atoms with Crippen molar-refractivity contribution in [3.63, 3.8) is 0 Å². The van der Waals surface area contributed by atoms with Crippen LogP contribution < -0.4 is 27.0 Å². The lowest BCUT2D eigenvalue weighted by molar-refractivity contribution is -0.138. The number of hydrogen-bond donors (Lipinski definition) is 6. The Morgan fingerprint density at radius 1 is 1.00 bits per heavy atom. The molecule has 1 aliphatic rings. The molecule has 1 aliphatic heterocycles. The number of hydrogen-bond acceptors (Lipinski definition) is 9. The normalized spacial score (nSPS) is 16.2. The van der Waals surface area contributed by atoms with Crippen molar-refractivity contribution in [3.8, 4) is 0 Å². The van der Waals surface area contributed by atoms with Crippen LogP contribution in [0.15, 0.2) is 30.3 Å². The van der Waals surface area contributed by atoms with Crippen LogP contribution in [0.5, 0.6) is 0 Å². The highest BCUT2D eigenvalue weighted by Gasteiger charge is 2.32. The van der Waals surface area contributed by atoms with E-state index in [0.717, 1.165) is 5.56 Å². The number of carboxylic acids is 1. The number of amides is 5. The number of nitrogens with one attached hydrogen (secondary N) is 4. The van der Waals surface area contributed by atoms with Crippen molar-refractivity contribution < 1.29 is 43.3 Å². The summed E-state index contributed by atoms with van der Waals surface area (Å²) >= 11 is 0. The van der Waals surface area contributed by atoms with Gasteiger partial charge in [0.05, 0.1) is 13.2 Å². The zero-order valence-electron chi connectivity index (χ0n) is 25.4. The standard InChI is InChI=1S/C29H44N6O9/c1-29(2,3)44-28(42)35-14-7-15-43-24(35)11-10-22(36)33-20(12-13-30)26(40)31-17-23(37)34-21(27(41)32-18-25(38)39)16-19-8-5-4-6-9-19/h4-6,8-9,20-21,24H,7,10-18,30H2,1-3H3,(H,31,40)(H,32,41)(H,33,36)(H,34,37)(H,38,39)/t20-,21-,24?/m0/s1. The molecule has 5 amide bonds. The third kappa shape index (κ3) is 13.4. The second-order valence-electron chi connectivity index (χ2n) is 11.2. The minimum atomic E-state index is -1.24. The van der Waals surface area contributed by atoms with E-state index in [2.05, 4.69) is 21.3 Å². The minimum Gasteiger partial charge on any atom is -0.480 e. The highest BCUT2D eigenvalue weighted by molar-refractivity contribution is 5.93. The number of benzene rings is 1. The van der Waals surface area contributed by atoms with Gasteiger partial charge in [0, 0.05) is 25.8 Å². The van der Waals surface area contributed by atoms with Gasteiger partial charge in [0.15, 0.2) is 0 Å². The summed E-state index contributed by atoms with van der Waals surface area (Å²) in [5, 5.41) is 18.7. The van der Waals surface area contributed by atoms with Gasteiger partial charge >= 0.3 is 12.1 Å². The van der Waals surface area contributed by atoms with E-state index in [0.29, 0.717) is 19.6 Å². The van der Waals surface area contributed by atoms with Crippen LogP contribution in [-0.2, 0) is 39.9 Å². The zero-order valence-corrected chi connectivity index (χ0v) is 25.4. The van der Waals surface area contributed by atoms with E-state index in [-0.39, 0.29) is 32.2 Å². The molecule has 15 heteroatoms. The lowest BCUT2D eigenvalue weighted by Gasteiger charge is -2.36. The van der Waals surface area contributed by atoms with Crippen molar-refractivity contribution in [1.82, 2.24) is 26.2 Å². The Labute approximate surface area is 256 Å². The quantitative estimate of drug-likeness (QED) is 0.149. The molecule has 244 valence electrons. The lowest BCUT2D eigenvalue weighted by Crippen LogP contribution is -2.53. The van der Waals surface area contributed by atoms with Crippen molar-refractivity contribution in [2.75, 3.05) is 32.8 Å². The van der Waals surface area contributed by atoms with E-state index in [1.165, 1.54) is 4.90 Å². The van der Waals surface area contributed by atoms with Crippen LogP contribution in [0, 0.1) is 0 Å². The first-order valence-corrected chi connectivity index (χ1v) is 14.5. The maximum atomic E-state index is 12.8. The summed E-state index contributed by atoms with van der Waals surface area (Å²) in [6.07, 6.45) is -0.250. The van der Waals surface area contributed by atoms with Crippen molar-refractivity contribution in [3.05, 3.63) is 35.9 Å². The highest BCUT2D eigenvalue weighted by atomic mass is 16.6. The average Bonchev–Trinajstić information content (AvgIpc) is 2.96. The Morgan fingerprint density at radius 2 is 1.64 bits per heavy atom. The molecule has 1 fully saturated rings. The summed E-state index contributed by atoms with van der Waals surface area (Å²) in [7, 11) is 0. The topological polar surface area (TPSA) is 218 Å². The molecular weight excluding hydrogens is 576 g/mol. The molecule has 0 bridgehead atoms. The molecule has 0 saturated carbocycles. The van der Waals surface area contributed by atoms with Gasteiger partial charge in [-0.15, -0.1) is 0 Å². The fourth-order valence-electron chi connectivity index (χ4n) is 4.29. The third-order valence-electron chi connectivity index (χ3n) is 6.33. The van der Waals surface area contributed by atoms with Crippen LogP contribution in [0.4, 0.5) is 4.79 Å². The zero-order chi connectivity index (χ0) is 32.7. The Bertz CT molecular complexity index is 1140. The van der Waals surface area contributed by atoms with Crippen LogP contribution in [0.25, 0.3) is 0 Å². The number of carbonyl (C=O) groups excluding carboxylic acids is 5. The SMILES string of the molecule is CC(C)(C)OC(=O)N1CCCOC1CCC(=O)N[C@@H](CCN)C(=O)NCC(=O)N[C@@H](Cc1ccccc1)C(=O)NCC(=O)O. The molecule has 3 atom stereocenters. The molecule has 0 aromatic heterocycles. The van der Waals surface area contributed by atoms with Crippen molar-refractivity contribution in [2.24, 2.45) is 5.73 Å². The van der Waals surface area contributed by atoms with E-state index in [9.17, 15) is 28.8 Å². The number of rotatable bonds is 15. The van der Waals surface area contributed by atoms with Gasteiger partial charge in [0.25, 0.3) is 0 Å². The summed E-state index contributed by atoms with van der Waals surface area (Å²) in [5.74, 6) is -3.76. The van der Waals surface area contributed by atoms with Crippen LogP contribution in [-0.4, -0.2) is 102 Å². The van der Waals surface area contributed by atoms with Gasteiger partial charge in [-0.05, 0) is 45.7 Å². The Kier molecular flexibility index (Phi) is 14.5. The van der Waals surface area contributed by atoms with Gasteiger partial charge in [-0.3, -0.25) is 28.9 Å². The second kappa shape index (κ2) is 17.8. The summed E-state index contributed by atoms with van der Waals surface area (Å²) < 4.78 is 11.1. The molecule has 44 heavy (non-hydrogen) atoms. The van der Waals surface area contributed by atoms with Crippen molar-refractivity contribution >= 4 is 35.7 Å². The van der Waals surface area contributed by atoms with Crippen LogP contribution in [0.1, 0.15) is 52.0 Å².